The van der Waals surface area contributed by atoms with Gasteiger partial charge in [-0.2, -0.15) is 0 Å². The van der Waals surface area contributed by atoms with Gasteiger partial charge in [-0.3, -0.25) is 9.88 Å². The zero-order valence-electron chi connectivity index (χ0n) is 16.8. The lowest BCUT2D eigenvalue weighted by atomic mass is 9.93. The van der Waals surface area contributed by atoms with Gasteiger partial charge in [0.2, 0.25) is 0 Å². The average molecular weight is 373 g/mol. The molecule has 1 atom stereocenters. The van der Waals surface area contributed by atoms with E-state index in [1.165, 1.54) is 35.2 Å². The first-order chi connectivity index (χ1) is 13.7. The van der Waals surface area contributed by atoms with Gasteiger partial charge in [0, 0.05) is 54.6 Å². The highest BCUT2D eigenvalue weighted by atomic mass is 15.1. The molecule has 1 aliphatic rings. The Morgan fingerprint density at radius 2 is 1.89 bits per heavy atom. The third-order valence-corrected chi connectivity index (χ3v) is 5.49. The topological polar surface area (TPSA) is 41.9 Å². The van der Waals surface area contributed by atoms with E-state index in [1.54, 1.807) is 0 Å². The van der Waals surface area contributed by atoms with Crippen LogP contribution in [-0.4, -0.2) is 32.9 Å². The standard InChI is InChI=1S/C24H28N4/c1-3-24-25-14-19(15-26-24)16-28-12-6-9-21(17-28)23-11-5-10-22(27-23)20-8-4-7-18(2)13-20/h4-5,7-8,10-11,13-15,21H,3,6,9,12,16-17H2,1-2H3/t21-/m0/s1. The van der Waals surface area contributed by atoms with Crippen LogP contribution in [-0.2, 0) is 13.0 Å². The number of hydrogen-bond acceptors (Lipinski definition) is 4. The van der Waals surface area contributed by atoms with Crippen molar-refractivity contribution in [2.75, 3.05) is 13.1 Å². The van der Waals surface area contributed by atoms with Crippen LogP contribution < -0.4 is 0 Å². The zero-order valence-corrected chi connectivity index (χ0v) is 16.8. The molecule has 0 N–H and O–H groups in total. The summed E-state index contributed by atoms with van der Waals surface area (Å²) in [5, 5.41) is 0. The van der Waals surface area contributed by atoms with E-state index < -0.39 is 0 Å². The molecule has 4 heteroatoms. The van der Waals surface area contributed by atoms with E-state index in [0.29, 0.717) is 5.92 Å². The van der Waals surface area contributed by atoms with Crippen LogP contribution in [0.2, 0.25) is 0 Å². The van der Waals surface area contributed by atoms with E-state index in [0.717, 1.165) is 37.6 Å². The summed E-state index contributed by atoms with van der Waals surface area (Å²) in [4.78, 5) is 16.4. The molecule has 28 heavy (non-hydrogen) atoms. The molecule has 144 valence electrons. The molecule has 0 saturated carbocycles. The van der Waals surface area contributed by atoms with Gasteiger partial charge in [-0.25, -0.2) is 9.97 Å². The second kappa shape index (κ2) is 8.61. The Bertz CT molecular complexity index is 920. The lowest BCUT2D eigenvalue weighted by Crippen LogP contribution is -2.34. The number of aryl methyl sites for hydroxylation is 2. The van der Waals surface area contributed by atoms with Crippen molar-refractivity contribution in [1.82, 2.24) is 19.9 Å². The molecule has 1 saturated heterocycles. The molecule has 0 unspecified atom stereocenters. The SMILES string of the molecule is CCc1ncc(CN2CCC[C@H](c3cccc(-c4cccc(C)c4)n3)C2)cn1. The number of likely N-dealkylation sites (tertiary alicyclic amines) is 1. The van der Waals surface area contributed by atoms with E-state index in [1.807, 2.05) is 12.4 Å². The van der Waals surface area contributed by atoms with Crippen molar-refractivity contribution in [3.05, 3.63) is 77.5 Å². The summed E-state index contributed by atoms with van der Waals surface area (Å²) >= 11 is 0. The van der Waals surface area contributed by atoms with Crippen molar-refractivity contribution in [1.29, 1.82) is 0 Å². The van der Waals surface area contributed by atoms with Gasteiger partial charge >= 0.3 is 0 Å². The second-order valence-electron chi connectivity index (χ2n) is 7.75. The molecule has 0 aliphatic carbocycles. The molecular formula is C24H28N4. The summed E-state index contributed by atoms with van der Waals surface area (Å²) in [7, 11) is 0. The molecular weight excluding hydrogens is 344 g/mol. The maximum Gasteiger partial charge on any atom is 0.127 e. The van der Waals surface area contributed by atoms with Gasteiger partial charge in [-0.05, 0) is 44.5 Å². The summed E-state index contributed by atoms with van der Waals surface area (Å²) in [6.07, 6.45) is 7.24. The number of piperidine rings is 1. The molecule has 1 aromatic carbocycles. The van der Waals surface area contributed by atoms with Crippen LogP contribution in [0.5, 0.6) is 0 Å². The van der Waals surface area contributed by atoms with Crippen LogP contribution in [0, 0.1) is 6.92 Å². The number of benzene rings is 1. The van der Waals surface area contributed by atoms with Crippen molar-refractivity contribution >= 4 is 0 Å². The van der Waals surface area contributed by atoms with E-state index >= 15 is 0 Å². The Morgan fingerprint density at radius 3 is 2.68 bits per heavy atom. The smallest absolute Gasteiger partial charge is 0.127 e. The number of hydrogen-bond donors (Lipinski definition) is 0. The highest BCUT2D eigenvalue weighted by Gasteiger charge is 2.23. The van der Waals surface area contributed by atoms with Crippen molar-refractivity contribution in [2.24, 2.45) is 0 Å². The van der Waals surface area contributed by atoms with Crippen LogP contribution in [0.15, 0.2) is 54.9 Å². The lowest BCUT2D eigenvalue weighted by molar-refractivity contribution is 0.198. The van der Waals surface area contributed by atoms with Gasteiger partial charge in [0.1, 0.15) is 5.82 Å². The molecule has 4 rings (SSSR count). The van der Waals surface area contributed by atoms with E-state index in [9.17, 15) is 0 Å². The first-order valence-corrected chi connectivity index (χ1v) is 10.3. The Hall–Kier alpha value is -2.59. The molecule has 3 heterocycles. The Labute approximate surface area is 167 Å². The fourth-order valence-corrected chi connectivity index (χ4v) is 3.99. The molecule has 0 amide bonds. The van der Waals surface area contributed by atoms with Gasteiger partial charge in [-0.15, -0.1) is 0 Å². The summed E-state index contributed by atoms with van der Waals surface area (Å²) in [5.41, 5.74) is 5.94. The van der Waals surface area contributed by atoms with Crippen LogP contribution >= 0.6 is 0 Å². The van der Waals surface area contributed by atoms with E-state index in [-0.39, 0.29) is 0 Å². The Balaban J connectivity index is 1.47. The third-order valence-electron chi connectivity index (χ3n) is 5.49. The second-order valence-corrected chi connectivity index (χ2v) is 7.75. The summed E-state index contributed by atoms with van der Waals surface area (Å²) in [6.45, 7) is 7.30. The zero-order chi connectivity index (χ0) is 19.3. The monoisotopic (exact) mass is 372 g/mol. The first kappa shape index (κ1) is 18.8. The maximum atomic E-state index is 5.02. The molecule has 1 aliphatic heterocycles. The average Bonchev–Trinajstić information content (AvgIpc) is 2.75. The van der Waals surface area contributed by atoms with Crippen molar-refractivity contribution in [3.63, 3.8) is 0 Å². The molecule has 1 fully saturated rings. The lowest BCUT2D eigenvalue weighted by Gasteiger charge is -2.32. The van der Waals surface area contributed by atoms with Crippen LogP contribution in [0.25, 0.3) is 11.3 Å². The minimum absolute atomic E-state index is 0.481. The number of rotatable bonds is 5. The van der Waals surface area contributed by atoms with Crippen molar-refractivity contribution < 1.29 is 0 Å². The highest BCUT2D eigenvalue weighted by Crippen LogP contribution is 2.28. The number of nitrogens with zero attached hydrogens (tertiary/aromatic N) is 4. The summed E-state index contributed by atoms with van der Waals surface area (Å²) in [5.74, 6) is 1.40. The van der Waals surface area contributed by atoms with Gasteiger partial charge in [0.15, 0.2) is 0 Å². The van der Waals surface area contributed by atoms with Gasteiger partial charge in [0.05, 0.1) is 5.69 Å². The number of aromatic nitrogens is 3. The van der Waals surface area contributed by atoms with Crippen LogP contribution in [0.4, 0.5) is 0 Å². The molecule has 2 aromatic heterocycles. The first-order valence-electron chi connectivity index (χ1n) is 10.3. The molecule has 3 aromatic rings. The predicted octanol–water partition coefficient (Wildman–Crippen LogP) is 4.79. The molecule has 0 radical (unpaired) electrons. The largest absolute Gasteiger partial charge is 0.298 e. The Morgan fingerprint density at radius 1 is 1.07 bits per heavy atom. The molecule has 4 nitrogen and oxygen atoms in total. The van der Waals surface area contributed by atoms with Crippen LogP contribution in [0.1, 0.15) is 48.3 Å². The van der Waals surface area contributed by atoms with Gasteiger partial charge in [-0.1, -0.05) is 36.8 Å². The quantitative estimate of drug-likeness (QED) is 0.646. The third kappa shape index (κ3) is 4.45. The minimum Gasteiger partial charge on any atom is -0.298 e. The summed E-state index contributed by atoms with van der Waals surface area (Å²) < 4.78 is 0. The Kier molecular flexibility index (Phi) is 5.77. The van der Waals surface area contributed by atoms with E-state index in [4.69, 9.17) is 4.98 Å². The van der Waals surface area contributed by atoms with Crippen LogP contribution in [0.3, 0.4) is 0 Å². The highest BCUT2D eigenvalue weighted by molar-refractivity contribution is 5.60. The number of pyridine rings is 1. The van der Waals surface area contributed by atoms with Gasteiger partial charge in [0.25, 0.3) is 0 Å². The normalized spacial score (nSPS) is 17.6. The maximum absolute atomic E-state index is 5.02. The fraction of sp³-hybridized carbons (Fsp3) is 0.375. The molecule has 0 spiro atoms. The van der Waals surface area contributed by atoms with Crippen molar-refractivity contribution in [2.45, 2.75) is 45.6 Å². The van der Waals surface area contributed by atoms with Crippen molar-refractivity contribution in [3.8, 4) is 11.3 Å². The fourth-order valence-electron chi connectivity index (χ4n) is 3.99. The molecule has 0 bridgehead atoms. The minimum atomic E-state index is 0.481. The predicted molar refractivity (Wildman–Crippen MR) is 113 cm³/mol. The van der Waals surface area contributed by atoms with E-state index in [2.05, 4.69) is 71.2 Å². The summed E-state index contributed by atoms with van der Waals surface area (Å²) in [6, 6.07) is 15.0. The van der Waals surface area contributed by atoms with Gasteiger partial charge < -0.3 is 0 Å².